The average Bonchev–Trinajstić information content (AvgIpc) is 2.96. The van der Waals surface area contributed by atoms with Gasteiger partial charge in [-0.15, -0.1) is 0 Å². The molecular weight excluding hydrogens is 478 g/mol. The Hall–Kier alpha value is -1.63. The molecule has 3 heterocycles. The van der Waals surface area contributed by atoms with Crippen molar-refractivity contribution in [3.63, 3.8) is 0 Å². The normalized spacial score (nSPS) is 33.9. The van der Waals surface area contributed by atoms with E-state index in [1.54, 1.807) is 25.1 Å². The molecule has 5 atom stereocenters. The van der Waals surface area contributed by atoms with Crippen LogP contribution >= 0.6 is 31.6 Å². The molecule has 2 aliphatic rings. The van der Waals surface area contributed by atoms with Crippen molar-refractivity contribution in [2.24, 2.45) is 0 Å². The second kappa shape index (κ2) is 8.05. The molecule has 0 saturated carbocycles. The number of aryl methyl sites for hydroxylation is 1. The van der Waals surface area contributed by atoms with Crippen molar-refractivity contribution in [3.05, 3.63) is 55.7 Å². The molecule has 31 heavy (non-hydrogen) atoms. The maximum Gasteiger partial charge on any atom is 0.530 e. The highest BCUT2D eigenvalue weighted by Gasteiger charge is 2.57. The number of hydrogen-bond donors (Lipinski definition) is 3. The lowest BCUT2D eigenvalue weighted by Gasteiger charge is -2.29. The molecule has 1 fully saturated rings. The number of rotatable bonds is 4. The van der Waals surface area contributed by atoms with Gasteiger partial charge in [0.15, 0.2) is 6.23 Å². The van der Waals surface area contributed by atoms with Crippen molar-refractivity contribution in [3.8, 4) is 5.75 Å². The second-order valence-electron chi connectivity index (χ2n) is 6.80. The van der Waals surface area contributed by atoms with Gasteiger partial charge in [0.2, 0.25) is 0 Å². The maximum absolute atomic E-state index is 15.7. The van der Waals surface area contributed by atoms with E-state index in [2.05, 4.69) is 4.98 Å². The number of aromatic amines is 1. The predicted octanol–water partition coefficient (Wildman–Crippen LogP) is 2.52. The van der Waals surface area contributed by atoms with Gasteiger partial charge in [-0.05, 0) is 12.5 Å². The van der Waals surface area contributed by atoms with Crippen LogP contribution in [0.15, 0.2) is 29.2 Å². The standard InChI is InChI=1S/C17H17ClFN2O8PS/c1-8-3-2-4-9-6-26-30(25,29-12(8)9)27-7-17(19)13(23)11(22)15(28-17)21-5-10(18)14(31)20-16(21)24/h2-5,11,13,15,22-23H,6-7H2,1H3,(H,20,24,31)/t11-,13+,15-,17-,30?/m1/s1/i7D2. The van der Waals surface area contributed by atoms with Gasteiger partial charge in [0.1, 0.15) is 29.2 Å². The number of H-pyrrole nitrogens is 1. The molecule has 14 heteroatoms. The maximum atomic E-state index is 15.7. The highest BCUT2D eigenvalue weighted by molar-refractivity contribution is 7.71. The lowest BCUT2D eigenvalue weighted by molar-refractivity contribution is -0.205. The third-order valence-corrected chi connectivity index (χ3v) is 6.55. The number of halogens is 2. The number of phosphoric acid groups is 1. The van der Waals surface area contributed by atoms with Crippen molar-refractivity contribution < 1.29 is 40.2 Å². The summed E-state index contributed by atoms with van der Waals surface area (Å²) >= 11 is 10.7. The van der Waals surface area contributed by atoms with E-state index in [4.69, 9.17) is 44.9 Å². The summed E-state index contributed by atoms with van der Waals surface area (Å²) in [4.78, 5) is 14.3. The predicted molar refractivity (Wildman–Crippen MR) is 107 cm³/mol. The van der Waals surface area contributed by atoms with Crippen molar-refractivity contribution in [2.75, 3.05) is 6.56 Å². The van der Waals surface area contributed by atoms with Crippen LogP contribution in [0.5, 0.6) is 5.75 Å². The Kier molecular flexibility index (Phi) is 5.20. The number of fused-ring (bicyclic) bond motifs is 1. The van der Waals surface area contributed by atoms with Gasteiger partial charge < -0.3 is 19.5 Å². The summed E-state index contributed by atoms with van der Waals surface area (Å²) in [5.41, 5.74) is 0.0663. The Balaban J connectivity index is 1.64. The van der Waals surface area contributed by atoms with Crippen molar-refractivity contribution >= 4 is 31.6 Å². The summed E-state index contributed by atoms with van der Waals surface area (Å²) in [5, 5.41) is 20.5. The van der Waals surface area contributed by atoms with Crippen LogP contribution in [-0.4, -0.2) is 44.4 Å². The molecule has 1 saturated heterocycles. The number of aromatic nitrogens is 2. The van der Waals surface area contributed by atoms with Gasteiger partial charge >= 0.3 is 13.5 Å². The van der Waals surface area contributed by atoms with E-state index < -0.39 is 44.4 Å². The first kappa shape index (κ1) is 20.0. The molecule has 1 aromatic heterocycles. The van der Waals surface area contributed by atoms with Crippen LogP contribution in [0.4, 0.5) is 4.39 Å². The third kappa shape index (κ3) is 4.10. The monoisotopic (exact) mass is 496 g/mol. The van der Waals surface area contributed by atoms with E-state index in [1.165, 1.54) is 0 Å². The van der Waals surface area contributed by atoms with E-state index in [1.807, 2.05) is 0 Å². The Morgan fingerprint density at radius 2 is 2.29 bits per heavy atom. The van der Waals surface area contributed by atoms with Crippen LogP contribution in [-0.2, 0) is 25.0 Å². The van der Waals surface area contributed by atoms with Gasteiger partial charge in [0, 0.05) is 11.8 Å². The highest BCUT2D eigenvalue weighted by atomic mass is 35.5. The number of phosphoric ester groups is 1. The SMILES string of the molecule is [2H]C([2H])(OP1(=O)OCc2cccc(C)c2O1)[C@@]1(F)O[C@@H](n2cc(Cl)c(=S)[nH]c2=O)[C@H](O)[C@@H]1O. The first-order valence-electron chi connectivity index (χ1n) is 9.75. The van der Waals surface area contributed by atoms with Gasteiger partial charge in [-0.2, -0.15) is 0 Å². The lowest BCUT2D eigenvalue weighted by atomic mass is 10.1. The molecule has 0 spiro atoms. The second-order valence-corrected chi connectivity index (χ2v) is 9.13. The van der Waals surface area contributed by atoms with Crippen LogP contribution in [0.1, 0.15) is 20.1 Å². The zero-order chi connectivity index (χ0) is 24.3. The highest BCUT2D eigenvalue weighted by Crippen LogP contribution is 2.56. The van der Waals surface area contributed by atoms with Crippen LogP contribution in [0.3, 0.4) is 0 Å². The van der Waals surface area contributed by atoms with E-state index in [-0.39, 0.29) is 22.0 Å². The molecule has 10 nitrogen and oxygen atoms in total. The number of nitrogens with one attached hydrogen (secondary N) is 1. The van der Waals surface area contributed by atoms with Gasteiger partial charge in [-0.1, -0.05) is 42.0 Å². The zero-order valence-electron chi connectivity index (χ0n) is 17.7. The van der Waals surface area contributed by atoms with E-state index in [0.717, 1.165) is 6.20 Å². The molecule has 0 bridgehead atoms. The molecule has 0 amide bonds. The smallest absolute Gasteiger partial charge is 0.403 e. The molecule has 0 aliphatic carbocycles. The van der Waals surface area contributed by atoms with Crippen molar-refractivity contribution in [2.45, 2.75) is 37.8 Å². The fourth-order valence-corrected chi connectivity index (χ4v) is 4.51. The van der Waals surface area contributed by atoms with Crippen molar-refractivity contribution in [1.82, 2.24) is 9.55 Å². The van der Waals surface area contributed by atoms with Crippen LogP contribution in [0.25, 0.3) is 0 Å². The number of aliphatic hydroxyl groups excluding tert-OH is 2. The number of alkyl halides is 1. The number of aliphatic hydroxyl groups is 2. The Morgan fingerprint density at radius 3 is 3.03 bits per heavy atom. The molecule has 1 unspecified atom stereocenters. The van der Waals surface area contributed by atoms with Gasteiger partial charge in [-0.25, -0.2) is 13.8 Å². The first-order valence-corrected chi connectivity index (χ1v) is 11.0. The molecular formula is C17H17ClFN2O8PS. The summed E-state index contributed by atoms with van der Waals surface area (Å²) in [7, 11) is -4.75. The number of benzene rings is 1. The number of ether oxygens (including phenoxy) is 1. The summed E-state index contributed by atoms with van der Waals surface area (Å²) in [5.74, 6) is -3.70. The molecule has 3 N–H and O–H groups in total. The minimum atomic E-state index is -4.75. The fourth-order valence-electron chi connectivity index (χ4n) is 3.05. The quantitative estimate of drug-likeness (QED) is 0.431. The largest absolute Gasteiger partial charge is 0.530 e. The van der Waals surface area contributed by atoms with Gasteiger partial charge in [0.25, 0.3) is 5.85 Å². The number of nitrogens with zero attached hydrogens (tertiary/aromatic N) is 1. The van der Waals surface area contributed by atoms with Gasteiger partial charge in [-0.3, -0.25) is 18.6 Å². The molecule has 168 valence electrons. The topological polar surface area (TPSA) is 132 Å². The number of hydrogen-bond acceptors (Lipinski definition) is 9. The summed E-state index contributed by atoms with van der Waals surface area (Å²) < 4.78 is 65.2. The zero-order valence-corrected chi connectivity index (χ0v) is 18.1. The van der Waals surface area contributed by atoms with Gasteiger partial charge in [0.05, 0.1) is 14.4 Å². The Morgan fingerprint density at radius 1 is 1.55 bits per heavy atom. The third-order valence-electron chi connectivity index (χ3n) is 4.66. The average molecular weight is 497 g/mol. The minimum Gasteiger partial charge on any atom is -0.403 e. The molecule has 2 aromatic rings. The fraction of sp³-hybridized carbons (Fsp3) is 0.412. The Bertz CT molecular complexity index is 1280. The van der Waals surface area contributed by atoms with E-state index in [9.17, 15) is 19.6 Å². The summed E-state index contributed by atoms with van der Waals surface area (Å²) in [6.45, 7) is -2.33. The van der Waals surface area contributed by atoms with Crippen LogP contribution < -0.4 is 10.2 Å². The van der Waals surface area contributed by atoms with Crippen LogP contribution in [0, 0.1) is 11.6 Å². The molecule has 0 radical (unpaired) electrons. The lowest BCUT2D eigenvalue weighted by Crippen LogP contribution is -2.43. The minimum absolute atomic E-state index is 0.113. The van der Waals surface area contributed by atoms with Crippen molar-refractivity contribution in [1.29, 1.82) is 0 Å². The molecule has 2 aliphatic heterocycles. The summed E-state index contributed by atoms with van der Waals surface area (Å²) in [6.07, 6.45) is -5.78. The Labute approximate surface area is 187 Å². The molecule has 4 rings (SSSR count). The van der Waals surface area contributed by atoms with E-state index in [0.29, 0.717) is 15.7 Å². The van der Waals surface area contributed by atoms with Crippen LogP contribution in [0.2, 0.25) is 5.02 Å². The van der Waals surface area contributed by atoms with E-state index >= 15 is 4.39 Å². The molecule has 1 aromatic carbocycles. The number of para-hydroxylation sites is 1. The first-order chi connectivity index (χ1) is 15.3. The summed E-state index contributed by atoms with van der Waals surface area (Å²) in [6, 6.07) is 4.96.